The Labute approximate surface area is 91.6 Å². The molecule has 0 spiro atoms. The first-order valence-corrected chi connectivity index (χ1v) is 6.05. The summed E-state index contributed by atoms with van der Waals surface area (Å²) in [6, 6.07) is 0. The normalized spacial score (nSPS) is 18.2. The van der Waals surface area contributed by atoms with Gasteiger partial charge in [0.25, 0.3) is 11.7 Å². The number of amides is 1. The van der Waals surface area contributed by atoms with Crippen molar-refractivity contribution in [2.24, 2.45) is 0 Å². The van der Waals surface area contributed by atoms with Gasteiger partial charge in [0.05, 0.1) is 0 Å². The number of rotatable bonds is 4. The summed E-state index contributed by atoms with van der Waals surface area (Å²) in [4.78, 5) is 11.5. The minimum atomic E-state index is -0.260. The summed E-state index contributed by atoms with van der Waals surface area (Å²) in [7, 11) is 0. The summed E-state index contributed by atoms with van der Waals surface area (Å²) in [5.41, 5.74) is 0. The molecule has 1 heterocycles. The number of aromatic nitrogens is 4. The van der Waals surface area contributed by atoms with E-state index in [9.17, 15) is 4.79 Å². The molecule has 82 valence electrons. The fourth-order valence-electron chi connectivity index (χ4n) is 1.60. The Morgan fingerprint density at radius 1 is 1.67 bits per heavy atom. The molecule has 0 unspecified atom stereocenters. The van der Waals surface area contributed by atoms with E-state index in [1.807, 2.05) is 11.8 Å². The number of thioether (sulfide) groups is 1. The second-order valence-electron chi connectivity index (χ2n) is 3.66. The van der Waals surface area contributed by atoms with Gasteiger partial charge < -0.3 is 5.32 Å². The van der Waals surface area contributed by atoms with E-state index in [1.165, 1.54) is 19.3 Å². The lowest BCUT2D eigenvalue weighted by atomic mass is 9.84. The zero-order valence-electron chi connectivity index (χ0n) is 8.49. The molecule has 15 heavy (non-hydrogen) atoms. The molecular weight excluding hydrogens is 214 g/mol. The minimum Gasteiger partial charge on any atom is -0.348 e. The van der Waals surface area contributed by atoms with Gasteiger partial charge in [0.1, 0.15) is 0 Å². The molecular formula is C8H13N5OS. The molecule has 1 fully saturated rings. The average Bonchev–Trinajstić information content (AvgIpc) is 2.69. The first-order valence-electron chi connectivity index (χ1n) is 4.83. The highest BCUT2D eigenvalue weighted by atomic mass is 32.2. The lowest BCUT2D eigenvalue weighted by Crippen LogP contribution is -2.45. The van der Waals surface area contributed by atoms with Crippen molar-refractivity contribution in [2.45, 2.75) is 24.0 Å². The van der Waals surface area contributed by atoms with Crippen molar-refractivity contribution >= 4 is 17.7 Å². The van der Waals surface area contributed by atoms with Gasteiger partial charge in [0.2, 0.25) is 0 Å². The van der Waals surface area contributed by atoms with Crippen molar-refractivity contribution in [2.75, 3.05) is 12.8 Å². The molecule has 0 atom stereocenters. The van der Waals surface area contributed by atoms with Gasteiger partial charge in [0, 0.05) is 11.3 Å². The number of hydrogen-bond donors (Lipinski definition) is 2. The molecule has 6 nitrogen and oxygen atoms in total. The molecule has 0 aliphatic heterocycles. The van der Waals surface area contributed by atoms with Gasteiger partial charge in [-0.2, -0.15) is 17.0 Å². The summed E-state index contributed by atoms with van der Waals surface area (Å²) in [5.74, 6) is -0.158. The first-order chi connectivity index (χ1) is 7.26. The topological polar surface area (TPSA) is 83.6 Å². The fourth-order valence-corrected chi connectivity index (χ4v) is 2.52. The van der Waals surface area contributed by atoms with Crippen molar-refractivity contribution in [1.29, 1.82) is 0 Å². The molecule has 1 aliphatic rings. The van der Waals surface area contributed by atoms with Crippen LogP contribution in [0.3, 0.4) is 0 Å². The third-order valence-electron chi connectivity index (χ3n) is 2.82. The van der Waals surface area contributed by atoms with Crippen LogP contribution in [0.4, 0.5) is 0 Å². The van der Waals surface area contributed by atoms with E-state index in [-0.39, 0.29) is 16.5 Å². The Morgan fingerprint density at radius 2 is 2.47 bits per heavy atom. The van der Waals surface area contributed by atoms with E-state index in [2.05, 4.69) is 32.2 Å². The van der Waals surface area contributed by atoms with Crippen molar-refractivity contribution in [3.8, 4) is 0 Å². The standard InChI is InChI=1S/C8H13N5OS/c1-15-8(3-2-4-8)5-9-7(14)6-10-12-13-11-6/h2-5H2,1H3,(H,9,14)(H,10,11,12,13). The van der Waals surface area contributed by atoms with Gasteiger partial charge in [-0.1, -0.05) is 6.42 Å². The second-order valence-corrected chi connectivity index (χ2v) is 4.93. The lowest BCUT2D eigenvalue weighted by molar-refractivity contribution is 0.0933. The predicted octanol–water partition coefficient (Wildman–Crippen LogP) is 0.215. The maximum atomic E-state index is 11.5. The Kier molecular flexibility index (Phi) is 2.90. The third-order valence-corrected chi connectivity index (χ3v) is 4.24. The molecule has 1 saturated carbocycles. The highest BCUT2D eigenvalue weighted by Gasteiger charge is 2.36. The molecule has 0 aromatic carbocycles. The van der Waals surface area contributed by atoms with Crippen LogP contribution in [0.2, 0.25) is 0 Å². The molecule has 1 aliphatic carbocycles. The van der Waals surface area contributed by atoms with Crippen LogP contribution in [-0.2, 0) is 0 Å². The van der Waals surface area contributed by atoms with Crippen LogP contribution in [0, 0.1) is 0 Å². The summed E-state index contributed by atoms with van der Waals surface area (Å²) >= 11 is 1.82. The van der Waals surface area contributed by atoms with Gasteiger partial charge in [0.15, 0.2) is 0 Å². The summed E-state index contributed by atoms with van der Waals surface area (Å²) in [6.07, 6.45) is 5.67. The van der Waals surface area contributed by atoms with Gasteiger partial charge in [-0.05, 0) is 24.3 Å². The molecule has 1 aromatic heterocycles. The smallest absolute Gasteiger partial charge is 0.292 e. The van der Waals surface area contributed by atoms with Crippen molar-refractivity contribution in [3.05, 3.63) is 5.82 Å². The number of H-pyrrole nitrogens is 1. The Balaban J connectivity index is 1.85. The Hall–Kier alpha value is -1.11. The Bertz CT molecular complexity index is 329. The van der Waals surface area contributed by atoms with Crippen LogP contribution in [0.5, 0.6) is 0 Å². The van der Waals surface area contributed by atoms with Crippen LogP contribution in [0.25, 0.3) is 0 Å². The Morgan fingerprint density at radius 3 is 2.93 bits per heavy atom. The van der Waals surface area contributed by atoms with E-state index < -0.39 is 0 Å². The first kappa shape index (κ1) is 10.4. The van der Waals surface area contributed by atoms with Gasteiger partial charge >= 0.3 is 0 Å². The summed E-state index contributed by atoms with van der Waals surface area (Å²) in [6.45, 7) is 0.682. The van der Waals surface area contributed by atoms with E-state index in [1.54, 1.807) is 0 Å². The maximum absolute atomic E-state index is 11.5. The highest BCUT2D eigenvalue weighted by molar-refractivity contribution is 8.00. The molecule has 7 heteroatoms. The lowest BCUT2D eigenvalue weighted by Gasteiger charge is -2.40. The SMILES string of the molecule is CSC1(CNC(=O)c2nn[nH]n2)CCC1. The zero-order valence-corrected chi connectivity index (χ0v) is 9.30. The molecule has 0 bridgehead atoms. The summed E-state index contributed by atoms with van der Waals surface area (Å²) in [5, 5.41) is 15.7. The second kappa shape index (κ2) is 4.18. The van der Waals surface area contributed by atoms with Gasteiger partial charge in [-0.15, -0.1) is 10.2 Å². The number of nitrogens with one attached hydrogen (secondary N) is 2. The van der Waals surface area contributed by atoms with Crippen LogP contribution < -0.4 is 5.32 Å². The molecule has 0 saturated heterocycles. The van der Waals surface area contributed by atoms with E-state index in [4.69, 9.17) is 0 Å². The largest absolute Gasteiger partial charge is 0.348 e. The molecule has 1 amide bonds. The summed E-state index contributed by atoms with van der Waals surface area (Å²) < 4.78 is 0.236. The average molecular weight is 227 g/mol. The maximum Gasteiger partial charge on any atom is 0.292 e. The number of tetrazole rings is 1. The minimum absolute atomic E-state index is 0.102. The quantitative estimate of drug-likeness (QED) is 0.768. The highest BCUT2D eigenvalue weighted by Crippen LogP contribution is 2.42. The number of carbonyl (C=O) groups is 1. The molecule has 0 radical (unpaired) electrons. The van der Waals surface area contributed by atoms with Gasteiger partial charge in [-0.25, -0.2) is 0 Å². The van der Waals surface area contributed by atoms with E-state index in [0.717, 1.165) is 0 Å². The van der Waals surface area contributed by atoms with E-state index in [0.29, 0.717) is 6.54 Å². The predicted molar refractivity (Wildman–Crippen MR) is 56.6 cm³/mol. The van der Waals surface area contributed by atoms with E-state index >= 15 is 0 Å². The van der Waals surface area contributed by atoms with Crippen molar-refractivity contribution < 1.29 is 4.79 Å². The monoisotopic (exact) mass is 227 g/mol. The van der Waals surface area contributed by atoms with Crippen LogP contribution in [-0.4, -0.2) is 44.1 Å². The van der Waals surface area contributed by atoms with Gasteiger partial charge in [-0.3, -0.25) is 4.79 Å². The van der Waals surface area contributed by atoms with Crippen LogP contribution >= 0.6 is 11.8 Å². The van der Waals surface area contributed by atoms with Crippen LogP contribution in [0.15, 0.2) is 0 Å². The molecule has 2 N–H and O–H groups in total. The fraction of sp³-hybridized carbons (Fsp3) is 0.750. The third kappa shape index (κ3) is 2.11. The number of nitrogens with zero attached hydrogens (tertiary/aromatic N) is 3. The number of carbonyl (C=O) groups excluding carboxylic acids is 1. The molecule has 1 aromatic rings. The molecule has 2 rings (SSSR count). The zero-order chi connectivity index (χ0) is 10.7. The van der Waals surface area contributed by atoms with Crippen molar-refractivity contribution in [3.63, 3.8) is 0 Å². The van der Waals surface area contributed by atoms with Crippen molar-refractivity contribution in [1.82, 2.24) is 25.9 Å². The number of hydrogen-bond acceptors (Lipinski definition) is 5. The number of aromatic amines is 1. The van der Waals surface area contributed by atoms with Crippen LogP contribution in [0.1, 0.15) is 29.9 Å².